The van der Waals surface area contributed by atoms with E-state index in [1.165, 1.54) is 0 Å². The maximum absolute atomic E-state index is 9.91. The Morgan fingerprint density at radius 1 is 1.22 bits per heavy atom. The van der Waals surface area contributed by atoms with Gasteiger partial charge in [0.15, 0.2) is 0 Å². The Morgan fingerprint density at radius 3 is 2.72 bits per heavy atom. The molecule has 0 saturated heterocycles. The molecule has 0 fully saturated rings. The van der Waals surface area contributed by atoms with Crippen molar-refractivity contribution in [3.63, 3.8) is 0 Å². The van der Waals surface area contributed by atoms with E-state index < -0.39 is 0 Å². The Hall–Kier alpha value is -1.06. The first-order valence-corrected chi connectivity index (χ1v) is 6.67. The summed E-state index contributed by atoms with van der Waals surface area (Å²) >= 11 is 0. The van der Waals surface area contributed by atoms with Crippen LogP contribution in [0.4, 0.5) is 0 Å². The van der Waals surface area contributed by atoms with Crippen LogP contribution >= 0.6 is 0 Å². The lowest BCUT2D eigenvalue weighted by Gasteiger charge is -2.12. The second-order valence-corrected chi connectivity index (χ2v) is 4.43. The molecule has 102 valence electrons. The molecule has 0 aliphatic heterocycles. The fourth-order valence-corrected chi connectivity index (χ4v) is 1.79. The van der Waals surface area contributed by atoms with Crippen molar-refractivity contribution in [2.24, 2.45) is 0 Å². The molecule has 0 amide bonds. The van der Waals surface area contributed by atoms with E-state index in [1.807, 2.05) is 24.3 Å². The lowest BCUT2D eigenvalue weighted by Crippen LogP contribution is -2.01. The maximum Gasteiger partial charge on any atom is 0.119 e. The van der Waals surface area contributed by atoms with E-state index in [2.05, 4.69) is 6.92 Å². The second-order valence-electron chi connectivity index (χ2n) is 4.43. The van der Waals surface area contributed by atoms with Crippen molar-refractivity contribution in [2.75, 3.05) is 20.3 Å². The molecule has 1 rings (SSSR count). The largest absolute Gasteiger partial charge is 0.494 e. The molecular weight excluding hydrogens is 228 g/mol. The van der Waals surface area contributed by atoms with Crippen molar-refractivity contribution in [1.29, 1.82) is 0 Å². The first kappa shape index (κ1) is 15.0. The van der Waals surface area contributed by atoms with Crippen molar-refractivity contribution < 1.29 is 14.6 Å². The third-order valence-electron chi connectivity index (χ3n) is 2.82. The third-order valence-corrected chi connectivity index (χ3v) is 2.82. The van der Waals surface area contributed by atoms with Gasteiger partial charge in [-0.3, -0.25) is 0 Å². The highest BCUT2D eigenvalue weighted by Gasteiger charge is 2.06. The second kappa shape index (κ2) is 8.95. The summed E-state index contributed by atoms with van der Waals surface area (Å²) in [5.41, 5.74) is 0.936. The minimum Gasteiger partial charge on any atom is -0.494 e. The molecule has 18 heavy (non-hydrogen) atoms. The maximum atomic E-state index is 9.91. The fraction of sp³-hybridized carbons (Fsp3) is 0.600. The van der Waals surface area contributed by atoms with Crippen LogP contribution < -0.4 is 4.74 Å². The number of hydrogen-bond donors (Lipinski definition) is 1. The van der Waals surface area contributed by atoms with Gasteiger partial charge in [0.2, 0.25) is 0 Å². The Kier molecular flexibility index (Phi) is 7.46. The molecular formula is C15H24O3. The topological polar surface area (TPSA) is 38.7 Å². The van der Waals surface area contributed by atoms with Crippen molar-refractivity contribution in [1.82, 2.24) is 0 Å². The average molecular weight is 252 g/mol. The van der Waals surface area contributed by atoms with E-state index in [-0.39, 0.29) is 6.10 Å². The minimum absolute atomic E-state index is 0.382. The summed E-state index contributed by atoms with van der Waals surface area (Å²) in [6, 6.07) is 7.73. The first-order valence-electron chi connectivity index (χ1n) is 6.67. The van der Waals surface area contributed by atoms with E-state index in [0.717, 1.165) is 43.6 Å². The third kappa shape index (κ3) is 5.52. The van der Waals surface area contributed by atoms with Crippen LogP contribution in [-0.4, -0.2) is 25.4 Å². The van der Waals surface area contributed by atoms with Crippen LogP contribution in [0.2, 0.25) is 0 Å². The molecule has 1 atom stereocenters. The van der Waals surface area contributed by atoms with Gasteiger partial charge in [0, 0.05) is 13.7 Å². The van der Waals surface area contributed by atoms with Gasteiger partial charge >= 0.3 is 0 Å². The van der Waals surface area contributed by atoms with Crippen LogP contribution in [0, 0.1) is 0 Å². The predicted octanol–water partition coefficient (Wildman–Crippen LogP) is 3.33. The summed E-state index contributed by atoms with van der Waals surface area (Å²) in [7, 11) is 1.71. The van der Waals surface area contributed by atoms with E-state index in [9.17, 15) is 5.11 Å². The Bertz CT molecular complexity index is 325. The Labute approximate surface area is 110 Å². The number of unbranched alkanes of at least 4 members (excludes halogenated alkanes) is 1. The molecule has 0 radical (unpaired) electrons. The lowest BCUT2D eigenvalue weighted by molar-refractivity contribution is 0.165. The molecule has 0 aliphatic carbocycles. The summed E-state index contributed by atoms with van der Waals surface area (Å²) in [6.07, 6.45) is 3.37. The molecule has 0 spiro atoms. The summed E-state index contributed by atoms with van der Waals surface area (Å²) < 4.78 is 10.6. The van der Waals surface area contributed by atoms with E-state index in [4.69, 9.17) is 9.47 Å². The van der Waals surface area contributed by atoms with Crippen LogP contribution in [0.25, 0.3) is 0 Å². The smallest absolute Gasteiger partial charge is 0.119 e. The van der Waals surface area contributed by atoms with Gasteiger partial charge in [-0.15, -0.1) is 0 Å². The first-order chi connectivity index (χ1) is 8.77. The van der Waals surface area contributed by atoms with Gasteiger partial charge in [0.25, 0.3) is 0 Å². The van der Waals surface area contributed by atoms with Crippen molar-refractivity contribution >= 4 is 0 Å². The zero-order chi connectivity index (χ0) is 13.2. The highest BCUT2D eigenvalue weighted by Crippen LogP contribution is 2.22. The highest BCUT2D eigenvalue weighted by molar-refractivity contribution is 5.29. The minimum atomic E-state index is -0.382. The van der Waals surface area contributed by atoms with Gasteiger partial charge in [-0.1, -0.05) is 25.5 Å². The Morgan fingerprint density at radius 2 is 2.00 bits per heavy atom. The Balaban J connectivity index is 2.39. The number of aliphatic hydroxyl groups excluding tert-OH is 1. The van der Waals surface area contributed by atoms with E-state index in [1.54, 1.807) is 7.11 Å². The monoisotopic (exact) mass is 252 g/mol. The number of rotatable bonds is 9. The van der Waals surface area contributed by atoms with Crippen LogP contribution in [0.3, 0.4) is 0 Å². The van der Waals surface area contributed by atoms with Crippen LogP contribution in [0.5, 0.6) is 5.75 Å². The normalized spacial score (nSPS) is 12.4. The van der Waals surface area contributed by atoms with Gasteiger partial charge in [-0.05, 0) is 37.0 Å². The van der Waals surface area contributed by atoms with Gasteiger partial charge in [0.05, 0.1) is 12.7 Å². The standard InChI is InChI=1S/C15H24O3/c1-3-7-15(16)13-8-6-9-14(12-13)18-11-5-4-10-17-2/h6,8-9,12,15-16H,3-5,7,10-11H2,1-2H3. The summed E-state index contributed by atoms with van der Waals surface area (Å²) in [6.45, 7) is 3.54. The molecule has 0 heterocycles. The molecule has 1 aromatic rings. The molecule has 0 aromatic heterocycles. The molecule has 3 nitrogen and oxygen atoms in total. The molecule has 1 N–H and O–H groups in total. The highest BCUT2D eigenvalue weighted by atomic mass is 16.5. The van der Waals surface area contributed by atoms with E-state index in [0.29, 0.717) is 6.61 Å². The van der Waals surface area contributed by atoms with Crippen LogP contribution in [0.15, 0.2) is 24.3 Å². The number of methoxy groups -OCH3 is 1. The average Bonchev–Trinajstić information content (AvgIpc) is 2.39. The zero-order valence-electron chi connectivity index (χ0n) is 11.4. The number of ether oxygens (including phenoxy) is 2. The molecule has 0 bridgehead atoms. The van der Waals surface area contributed by atoms with Crippen LogP contribution in [0.1, 0.15) is 44.3 Å². The van der Waals surface area contributed by atoms with Gasteiger partial charge in [-0.2, -0.15) is 0 Å². The number of benzene rings is 1. The fourth-order valence-electron chi connectivity index (χ4n) is 1.79. The molecule has 1 aromatic carbocycles. The molecule has 1 unspecified atom stereocenters. The van der Waals surface area contributed by atoms with E-state index >= 15 is 0 Å². The van der Waals surface area contributed by atoms with Crippen molar-refractivity contribution in [3.8, 4) is 5.75 Å². The molecule has 0 saturated carbocycles. The summed E-state index contributed by atoms with van der Waals surface area (Å²) in [5.74, 6) is 0.833. The van der Waals surface area contributed by atoms with Gasteiger partial charge in [0.1, 0.15) is 5.75 Å². The van der Waals surface area contributed by atoms with Gasteiger partial charge < -0.3 is 14.6 Å². The quantitative estimate of drug-likeness (QED) is 0.685. The summed E-state index contributed by atoms with van der Waals surface area (Å²) in [5, 5.41) is 9.91. The SMILES string of the molecule is CCCC(O)c1cccc(OCCCCOC)c1. The van der Waals surface area contributed by atoms with Crippen molar-refractivity contribution in [3.05, 3.63) is 29.8 Å². The molecule has 3 heteroatoms. The number of hydrogen-bond acceptors (Lipinski definition) is 3. The predicted molar refractivity (Wildman–Crippen MR) is 72.9 cm³/mol. The van der Waals surface area contributed by atoms with Crippen molar-refractivity contribution in [2.45, 2.75) is 38.7 Å². The molecule has 0 aliphatic rings. The number of aliphatic hydroxyl groups is 1. The zero-order valence-corrected chi connectivity index (χ0v) is 11.4. The van der Waals surface area contributed by atoms with Gasteiger partial charge in [-0.25, -0.2) is 0 Å². The lowest BCUT2D eigenvalue weighted by atomic mass is 10.1. The van der Waals surface area contributed by atoms with Crippen LogP contribution in [-0.2, 0) is 4.74 Å². The summed E-state index contributed by atoms with van der Waals surface area (Å²) in [4.78, 5) is 0.